The van der Waals surface area contributed by atoms with Crippen molar-refractivity contribution in [3.8, 4) is 0 Å². The molecule has 88 valence electrons. The molecule has 0 saturated carbocycles. The molecule has 0 aromatic rings. The summed E-state index contributed by atoms with van der Waals surface area (Å²) in [6, 6.07) is 0. The van der Waals surface area contributed by atoms with Gasteiger partial charge in [0.15, 0.2) is 0 Å². The largest absolute Gasteiger partial charge is 0.361 e. The van der Waals surface area contributed by atoms with Gasteiger partial charge in [0, 0.05) is 26.1 Å². The van der Waals surface area contributed by atoms with Gasteiger partial charge < -0.3 is 9.80 Å². The highest BCUT2D eigenvalue weighted by Crippen LogP contribution is 2.10. The average Bonchev–Trinajstić information content (AvgIpc) is 2.31. The van der Waals surface area contributed by atoms with Gasteiger partial charge >= 0.3 is 0 Å². The number of hydrogen-bond acceptors (Lipinski definition) is 2. The van der Waals surface area contributed by atoms with E-state index in [0.29, 0.717) is 0 Å². The van der Waals surface area contributed by atoms with Gasteiger partial charge in [-0.15, -0.1) is 0 Å². The Labute approximate surface area is 94.0 Å². The third-order valence-corrected chi connectivity index (χ3v) is 3.30. The summed E-state index contributed by atoms with van der Waals surface area (Å²) in [5.41, 5.74) is 0. The first-order valence-corrected chi connectivity index (χ1v) is 6.32. The SMILES string of the molecule is CCN(CC)CCC(=N)N1CCCCC1. The Morgan fingerprint density at radius 3 is 2.27 bits per heavy atom. The second kappa shape index (κ2) is 6.83. The molecule has 0 aliphatic carbocycles. The minimum atomic E-state index is 0.849. The molecule has 0 spiro atoms. The van der Waals surface area contributed by atoms with E-state index in [2.05, 4.69) is 23.6 Å². The number of nitrogens with one attached hydrogen (secondary N) is 1. The van der Waals surface area contributed by atoms with E-state index in [9.17, 15) is 0 Å². The standard InChI is InChI=1S/C12H25N3/c1-3-14(4-2)11-8-12(13)15-9-6-5-7-10-15/h13H,3-11H2,1-2H3. The molecule has 15 heavy (non-hydrogen) atoms. The fourth-order valence-corrected chi connectivity index (χ4v) is 2.13. The maximum Gasteiger partial charge on any atom is 0.0970 e. The second-order valence-electron chi connectivity index (χ2n) is 4.27. The van der Waals surface area contributed by atoms with Gasteiger partial charge in [-0.05, 0) is 32.4 Å². The van der Waals surface area contributed by atoms with Crippen LogP contribution in [0.15, 0.2) is 0 Å². The second-order valence-corrected chi connectivity index (χ2v) is 4.27. The average molecular weight is 211 g/mol. The molecule has 1 saturated heterocycles. The molecule has 0 aromatic heterocycles. The van der Waals surface area contributed by atoms with Crippen molar-refractivity contribution in [2.24, 2.45) is 0 Å². The molecule has 1 fully saturated rings. The number of amidine groups is 1. The smallest absolute Gasteiger partial charge is 0.0970 e. The van der Waals surface area contributed by atoms with Crippen molar-refractivity contribution in [1.82, 2.24) is 9.80 Å². The van der Waals surface area contributed by atoms with Crippen molar-refractivity contribution in [3.05, 3.63) is 0 Å². The zero-order valence-corrected chi connectivity index (χ0v) is 10.3. The third-order valence-electron chi connectivity index (χ3n) is 3.30. The number of hydrogen-bond donors (Lipinski definition) is 1. The number of likely N-dealkylation sites (tertiary alicyclic amines) is 1. The summed E-state index contributed by atoms with van der Waals surface area (Å²) in [5, 5.41) is 8.03. The minimum absolute atomic E-state index is 0.849. The zero-order chi connectivity index (χ0) is 11.1. The number of rotatable bonds is 5. The maximum atomic E-state index is 8.03. The Morgan fingerprint density at radius 2 is 1.73 bits per heavy atom. The van der Waals surface area contributed by atoms with Crippen LogP contribution in [0, 0.1) is 5.41 Å². The van der Waals surface area contributed by atoms with Gasteiger partial charge in [-0.2, -0.15) is 0 Å². The monoisotopic (exact) mass is 211 g/mol. The van der Waals surface area contributed by atoms with Crippen LogP contribution in [-0.4, -0.2) is 48.4 Å². The molecule has 1 rings (SSSR count). The van der Waals surface area contributed by atoms with Crippen LogP contribution in [0.2, 0.25) is 0 Å². The predicted octanol–water partition coefficient (Wildman–Crippen LogP) is 2.18. The van der Waals surface area contributed by atoms with Crippen molar-refractivity contribution >= 4 is 5.84 Å². The van der Waals surface area contributed by atoms with Crippen LogP contribution in [0.3, 0.4) is 0 Å². The maximum absolute atomic E-state index is 8.03. The van der Waals surface area contributed by atoms with E-state index in [1.165, 1.54) is 19.3 Å². The molecule has 3 nitrogen and oxygen atoms in total. The Morgan fingerprint density at radius 1 is 1.13 bits per heavy atom. The lowest BCUT2D eigenvalue weighted by atomic mass is 10.1. The van der Waals surface area contributed by atoms with Crippen LogP contribution in [-0.2, 0) is 0 Å². The molecular formula is C12H25N3. The van der Waals surface area contributed by atoms with E-state index in [1.54, 1.807) is 0 Å². The molecule has 1 aliphatic heterocycles. The Kier molecular flexibility index (Phi) is 5.69. The molecule has 0 amide bonds. The van der Waals surface area contributed by atoms with Gasteiger partial charge in [-0.1, -0.05) is 13.8 Å². The molecule has 3 heteroatoms. The van der Waals surface area contributed by atoms with E-state index < -0.39 is 0 Å². The molecule has 0 bridgehead atoms. The first kappa shape index (κ1) is 12.5. The van der Waals surface area contributed by atoms with Crippen molar-refractivity contribution < 1.29 is 0 Å². The lowest BCUT2D eigenvalue weighted by Crippen LogP contribution is -2.37. The lowest BCUT2D eigenvalue weighted by molar-refractivity contribution is 0.296. The van der Waals surface area contributed by atoms with E-state index in [-0.39, 0.29) is 0 Å². The van der Waals surface area contributed by atoms with Crippen molar-refractivity contribution in [1.29, 1.82) is 5.41 Å². The molecule has 1 heterocycles. The van der Waals surface area contributed by atoms with Crippen LogP contribution in [0.5, 0.6) is 0 Å². The summed E-state index contributed by atoms with van der Waals surface area (Å²) in [4.78, 5) is 4.64. The summed E-state index contributed by atoms with van der Waals surface area (Å²) in [7, 11) is 0. The van der Waals surface area contributed by atoms with E-state index in [0.717, 1.165) is 45.0 Å². The molecule has 0 aromatic carbocycles. The normalized spacial score (nSPS) is 17.1. The first-order valence-electron chi connectivity index (χ1n) is 6.32. The van der Waals surface area contributed by atoms with Crippen molar-refractivity contribution in [2.75, 3.05) is 32.7 Å². The van der Waals surface area contributed by atoms with Gasteiger partial charge in [0.2, 0.25) is 0 Å². The first-order chi connectivity index (χ1) is 7.27. The topological polar surface area (TPSA) is 30.3 Å². The molecule has 1 N–H and O–H groups in total. The molecular weight excluding hydrogens is 186 g/mol. The molecule has 0 unspecified atom stereocenters. The quantitative estimate of drug-likeness (QED) is 0.558. The van der Waals surface area contributed by atoms with Crippen LogP contribution >= 0.6 is 0 Å². The fraction of sp³-hybridized carbons (Fsp3) is 0.917. The Balaban J connectivity index is 2.22. The van der Waals surface area contributed by atoms with Gasteiger partial charge in [-0.25, -0.2) is 0 Å². The van der Waals surface area contributed by atoms with Gasteiger partial charge in [0.25, 0.3) is 0 Å². The highest BCUT2D eigenvalue weighted by Gasteiger charge is 2.13. The van der Waals surface area contributed by atoms with Crippen LogP contribution in [0.4, 0.5) is 0 Å². The van der Waals surface area contributed by atoms with Crippen LogP contribution < -0.4 is 0 Å². The minimum Gasteiger partial charge on any atom is -0.361 e. The van der Waals surface area contributed by atoms with Crippen LogP contribution in [0.25, 0.3) is 0 Å². The van der Waals surface area contributed by atoms with Gasteiger partial charge in [0.1, 0.15) is 0 Å². The summed E-state index contributed by atoms with van der Waals surface area (Å²) in [6.07, 6.45) is 4.81. The van der Waals surface area contributed by atoms with Crippen molar-refractivity contribution in [3.63, 3.8) is 0 Å². The molecule has 1 aliphatic rings. The highest BCUT2D eigenvalue weighted by atomic mass is 15.2. The van der Waals surface area contributed by atoms with Gasteiger partial charge in [0.05, 0.1) is 5.84 Å². The molecule has 0 atom stereocenters. The van der Waals surface area contributed by atoms with Crippen molar-refractivity contribution in [2.45, 2.75) is 39.5 Å². The summed E-state index contributed by atoms with van der Waals surface area (Å²) >= 11 is 0. The van der Waals surface area contributed by atoms with E-state index in [4.69, 9.17) is 5.41 Å². The highest BCUT2D eigenvalue weighted by molar-refractivity contribution is 5.79. The summed E-state index contributed by atoms with van der Waals surface area (Å²) < 4.78 is 0. The lowest BCUT2D eigenvalue weighted by Gasteiger charge is -2.30. The van der Waals surface area contributed by atoms with Gasteiger partial charge in [-0.3, -0.25) is 5.41 Å². The number of piperidine rings is 1. The Bertz CT molecular complexity index is 181. The Hall–Kier alpha value is -0.570. The summed E-state index contributed by atoms with van der Waals surface area (Å²) in [5.74, 6) is 0.849. The number of nitrogens with zero attached hydrogens (tertiary/aromatic N) is 2. The van der Waals surface area contributed by atoms with E-state index in [1.807, 2.05) is 0 Å². The fourth-order valence-electron chi connectivity index (χ4n) is 2.13. The van der Waals surface area contributed by atoms with E-state index >= 15 is 0 Å². The predicted molar refractivity (Wildman–Crippen MR) is 65.6 cm³/mol. The zero-order valence-electron chi connectivity index (χ0n) is 10.3. The third kappa shape index (κ3) is 4.20. The van der Waals surface area contributed by atoms with Crippen LogP contribution in [0.1, 0.15) is 39.5 Å². The molecule has 0 radical (unpaired) electrons. The summed E-state index contributed by atoms with van der Waals surface area (Å²) in [6.45, 7) is 9.84.